The van der Waals surface area contributed by atoms with Crippen molar-refractivity contribution in [2.75, 3.05) is 26.3 Å². The Morgan fingerprint density at radius 1 is 1.55 bits per heavy atom. The van der Waals surface area contributed by atoms with Crippen LogP contribution in [0.2, 0.25) is 0 Å². The average Bonchev–Trinajstić information content (AvgIpc) is 2.47. The van der Waals surface area contributed by atoms with Crippen molar-refractivity contribution in [2.24, 2.45) is 0 Å². The van der Waals surface area contributed by atoms with E-state index >= 15 is 0 Å². The summed E-state index contributed by atoms with van der Waals surface area (Å²) in [6, 6.07) is 2.79. The zero-order chi connectivity index (χ0) is 14.5. The van der Waals surface area contributed by atoms with E-state index in [9.17, 15) is 9.59 Å². The summed E-state index contributed by atoms with van der Waals surface area (Å²) in [5, 5.41) is 2.72. The number of rotatable bonds is 3. The van der Waals surface area contributed by atoms with Crippen LogP contribution in [0.1, 0.15) is 17.4 Å². The van der Waals surface area contributed by atoms with Crippen molar-refractivity contribution in [3.8, 4) is 0 Å². The number of nitrogens with zero attached hydrogens (tertiary/aromatic N) is 2. The second-order valence-electron chi connectivity index (χ2n) is 4.35. The van der Waals surface area contributed by atoms with Crippen LogP contribution in [0.5, 0.6) is 0 Å². The first-order valence-corrected chi connectivity index (χ1v) is 7.20. The monoisotopic (exact) mass is 341 g/mol. The third-order valence-electron chi connectivity index (χ3n) is 2.99. The Bertz CT molecular complexity index is 492. The van der Waals surface area contributed by atoms with E-state index in [1.54, 1.807) is 18.3 Å². The van der Waals surface area contributed by atoms with E-state index in [1.807, 2.05) is 6.92 Å². The van der Waals surface area contributed by atoms with Crippen LogP contribution in [0.3, 0.4) is 0 Å². The van der Waals surface area contributed by atoms with Gasteiger partial charge in [0.05, 0.1) is 13.2 Å². The Kier molecular flexibility index (Phi) is 5.08. The highest BCUT2D eigenvalue weighted by atomic mass is 79.9. The molecule has 0 aromatic carbocycles. The minimum Gasteiger partial charge on any atom is -0.377 e. The number of likely N-dealkylation sites (N-methyl/N-ethyl adjacent to an activating group) is 1. The normalized spacial score (nSPS) is 18.7. The highest BCUT2D eigenvalue weighted by Crippen LogP contribution is 2.13. The quantitative estimate of drug-likeness (QED) is 0.883. The minimum atomic E-state index is -0.596. The molecule has 1 unspecified atom stereocenters. The summed E-state index contributed by atoms with van der Waals surface area (Å²) in [6.45, 7) is 3.39. The van der Waals surface area contributed by atoms with Gasteiger partial charge in [0.1, 0.15) is 11.7 Å². The predicted molar refractivity (Wildman–Crippen MR) is 76.3 cm³/mol. The lowest BCUT2D eigenvalue weighted by Crippen LogP contribution is -2.56. The molecule has 1 aromatic rings. The van der Waals surface area contributed by atoms with Crippen LogP contribution >= 0.6 is 15.9 Å². The van der Waals surface area contributed by atoms with Crippen molar-refractivity contribution in [2.45, 2.75) is 13.0 Å². The van der Waals surface area contributed by atoms with Crippen LogP contribution in [0, 0.1) is 0 Å². The van der Waals surface area contributed by atoms with Gasteiger partial charge in [-0.25, -0.2) is 4.98 Å². The SMILES string of the molecule is CCNC(=O)C1COCCN1C(=O)c1ccc(Br)cn1. The number of nitrogens with one attached hydrogen (secondary N) is 1. The number of halogens is 1. The molecule has 2 heterocycles. The third kappa shape index (κ3) is 3.34. The molecule has 2 amide bonds. The Hall–Kier alpha value is -1.47. The largest absolute Gasteiger partial charge is 0.377 e. The van der Waals surface area contributed by atoms with Gasteiger partial charge < -0.3 is 15.0 Å². The number of aromatic nitrogens is 1. The van der Waals surface area contributed by atoms with Gasteiger partial charge in [0.2, 0.25) is 5.91 Å². The molecule has 1 atom stereocenters. The average molecular weight is 342 g/mol. The van der Waals surface area contributed by atoms with Crippen LogP contribution in [-0.2, 0) is 9.53 Å². The van der Waals surface area contributed by atoms with Crippen molar-refractivity contribution >= 4 is 27.7 Å². The first-order valence-electron chi connectivity index (χ1n) is 6.41. The van der Waals surface area contributed by atoms with Crippen LogP contribution < -0.4 is 5.32 Å². The lowest BCUT2D eigenvalue weighted by Gasteiger charge is -2.34. The van der Waals surface area contributed by atoms with Gasteiger partial charge in [-0.15, -0.1) is 0 Å². The molecule has 0 spiro atoms. The highest BCUT2D eigenvalue weighted by Gasteiger charge is 2.33. The van der Waals surface area contributed by atoms with Crippen LogP contribution in [-0.4, -0.2) is 54.0 Å². The van der Waals surface area contributed by atoms with E-state index < -0.39 is 6.04 Å². The molecule has 0 radical (unpaired) electrons. The molecular formula is C13H16BrN3O3. The van der Waals surface area contributed by atoms with Crippen molar-refractivity contribution in [1.82, 2.24) is 15.2 Å². The van der Waals surface area contributed by atoms with Crippen molar-refractivity contribution in [1.29, 1.82) is 0 Å². The standard InChI is InChI=1S/C13H16BrN3O3/c1-2-15-12(18)11-8-20-6-5-17(11)13(19)10-4-3-9(14)7-16-10/h3-4,7,11H,2,5-6,8H2,1H3,(H,15,18). The molecule has 1 saturated heterocycles. The number of ether oxygens (including phenoxy) is 1. The minimum absolute atomic E-state index is 0.197. The third-order valence-corrected chi connectivity index (χ3v) is 3.46. The Labute approximate surface area is 125 Å². The van der Waals surface area contributed by atoms with E-state index in [0.29, 0.717) is 25.4 Å². The molecule has 7 heteroatoms. The lowest BCUT2D eigenvalue weighted by molar-refractivity contribution is -0.130. The molecule has 20 heavy (non-hydrogen) atoms. The first-order chi connectivity index (χ1) is 9.63. The maximum atomic E-state index is 12.4. The maximum Gasteiger partial charge on any atom is 0.273 e. The van der Waals surface area contributed by atoms with Gasteiger partial charge in [-0.1, -0.05) is 0 Å². The molecule has 1 fully saturated rings. The molecule has 2 rings (SSSR count). The Morgan fingerprint density at radius 2 is 2.35 bits per heavy atom. The smallest absolute Gasteiger partial charge is 0.273 e. The molecule has 6 nitrogen and oxygen atoms in total. The Balaban J connectivity index is 2.16. The van der Waals surface area contributed by atoms with Gasteiger partial charge in [0.25, 0.3) is 5.91 Å². The number of amides is 2. The van der Waals surface area contributed by atoms with E-state index in [1.165, 1.54) is 4.90 Å². The lowest BCUT2D eigenvalue weighted by atomic mass is 10.2. The summed E-state index contributed by atoms with van der Waals surface area (Å²) in [7, 11) is 0. The zero-order valence-corrected chi connectivity index (χ0v) is 12.7. The predicted octanol–water partition coefficient (Wildman–Crippen LogP) is 0.821. The van der Waals surface area contributed by atoms with Crippen molar-refractivity contribution < 1.29 is 14.3 Å². The van der Waals surface area contributed by atoms with Gasteiger partial charge in [0, 0.05) is 23.8 Å². The van der Waals surface area contributed by atoms with Gasteiger partial charge in [-0.05, 0) is 35.0 Å². The maximum absolute atomic E-state index is 12.4. The molecule has 1 aliphatic rings. The molecule has 1 aromatic heterocycles. The highest BCUT2D eigenvalue weighted by molar-refractivity contribution is 9.10. The Morgan fingerprint density at radius 3 is 3.00 bits per heavy atom. The van der Waals surface area contributed by atoms with Crippen molar-refractivity contribution in [3.63, 3.8) is 0 Å². The molecule has 0 bridgehead atoms. The summed E-state index contributed by atoms with van der Waals surface area (Å²) in [5.41, 5.74) is 0.324. The van der Waals surface area contributed by atoms with E-state index in [2.05, 4.69) is 26.2 Å². The molecule has 0 saturated carbocycles. The molecule has 1 N–H and O–H groups in total. The number of pyridine rings is 1. The summed E-state index contributed by atoms with van der Waals surface area (Å²) in [6.07, 6.45) is 1.56. The summed E-state index contributed by atoms with van der Waals surface area (Å²) >= 11 is 3.27. The van der Waals surface area contributed by atoms with Gasteiger partial charge in [0.15, 0.2) is 0 Å². The van der Waals surface area contributed by atoms with Crippen molar-refractivity contribution in [3.05, 3.63) is 28.5 Å². The number of hydrogen-bond donors (Lipinski definition) is 1. The van der Waals surface area contributed by atoms with E-state index in [4.69, 9.17) is 4.74 Å². The van der Waals surface area contributed by atoms with Crippen LogP contribution in [0.25, 0.3) is 0 Å². The molecular weight excluding hydrogens is 326 g/mol. The fraction of sp³-hybridized carbons (Fsp3) is 0.462. The number of morpholine rings is 1. The first kappa shape index (κ1) is 14.9. The second kappa shape index (κ2) is 6.81. The fourth-order valence-electron chi connectivity index (χ4n) is 2.01. The summed E-state index contributed by atoms with van der Waals surface area (Å²) in [4.78, 5) is 30.0. The van der Waals surface area contributed by atoms with Crippen LogP contribution in [0.15, 0.2) is 22.8 Å². The van der Waals surface area contributed by atoms with E-state index in [0.717, 1.165) is 4.47 Å². The summed E-state index contributed by atoms with van der Waals surface area (Å²) in [5.74, 6) is -0.449. The number of hydrogen-bond acceptors (Lipinski definition) is 4. The van der Waals surface area contributed by atoms with Gasteiger partial charge in [-0.3, -0.25) is 9.59 Å². The zero-order valence-electron chi connectivity index (χ0n) is 11.1. The second-order valence-corrected chi connectivity index (χ2v) is 5.26. The molecule has 108 valence electrons. The van der Waals surface area contributed by atoms with Gasteiger partial charge >= 0.3 is 0 Å². The molecule has 1 aliphatic heterocycles. The van der Waals surface area contributed by atoms with E-state index in [-0.39, 0.29) is 18.4 Å². The summed E-state index contributed by atoms with van der Waals surface area (Å²) < 4.78 is 6.10. The number of carbonyl (C=O) groups is 2. The molecule has 0 aliphatic carbocycles. The fourth-order valence-corrected chi connectivity index (χ4v) is 2.24. The van der Waals surface area contributed by atoms with Crippen LogP contribution in [0.4, 0.5) is 0 Å². The van der Waals surface area contributed by atoms with Gasteiger partial charge in [-0.2, -0.15) is 0 Å². The topological polar surface area (TPSA) is 71.5 Å². The number of carbonyl (C=O) groups excluding carboxylic acids is 2.